The number of carbonyl (C=O) groups excluding carboxylic acids is 2. The first kappa shape index (κ1) is 16.5. The van der Waals surface area contributed by atoms with Crippen molar-refractivity contribution in [1.29, 1.82) is 0 Å². The average Bonchev–Trinajstić information content (AvgIpc) is 3.04. The van der Waals surface area contributed by atoms with Crippen LogP contribution in [0.15, 0.2) is 35.7 Å². The zero-order valence-electron chi connectivity index (χ0n) is 13.7. The van der Waals surface area contributed by atoms with Crippen molar-refractivity contribution in [3.63, 3.8) is 0 Å². The van der Waals surface area contributed by atoms with Crippen molar-refractivity contribution >= 4 is 34.6 Å². The van der Waals surface area contributed by atoms with E-state index in [1.165, 1.54) is 24.0 Å². The number of thiophene rings is 1. The van der Waals surface area contributed by atoms with Gasteiger partial charge in [-0.15, -0.1) is 11.3 Å². The Labute approximate surface area is 145 Å². The smallest absolute Gasteiger partial charge is 0.350 e. The summed E-state index contributed by atoms with van der Waals surface area (Å²) in [6.45, 7) is 2.39. The number of ether oxygens (including phenoxy) is 1. The fourth-order valence-corrected chi connectivity index (χ4v) is 3.77. The van der Waals surface area contributed by atoms with E-state index in [2.05, 4.69) is 29.3 Å². The van der Waals surface area contributed by atoms with Gasteiger partial charge in [-0.2, -0.15) is 0 Å². The Morgan fingerprint density at radius 2 is 2.12 bits per heavy atom. The minimum Gasteiger partial charge on any atom is -0.465 e. The third kappa shape index (κ3) is 3.28. The SMILES string of the molecule is COC(=O)c1sccc1NC(=O)CN1c2ccccc2CC[C@H]1C. The number of benzene rings is 1. The lowest BCUT2D eigenvalue weighted by atomic mass is 9.96. The van der Waals surface area contributed by atoms with Gasteiger partial charge in [0.2, 0.25) is 5.91 Å². The number of hydrogen-bond acceptors (Lipinski definition) is 5. The summed E-state index contributed by atoms with van der Waals surface area (Å²) in [5.74, 6) is -0.570. The summed E-state index contributed by atoms with van der Waals surface area (Å²) >= 11 is 1.26. The molecule has 126 valence electrons. The molecule has 0 radical (unpaired) electrons. The quantitative estimate of drug-likeness (QED) is 0.865. The van der Waals surface area contributed by atoms with E-state index in [0.29, 0.717) is 16.6 Å². The Bertz CT molecular complexity index is 756. The second kappa shape index (κ2) is 7.05. The van der Waals surface area contributed by atoms with Gasteiger partial charge in [-0.3, -0.25) is 4.79 Å². The van der Waals surface area contributed by atoms with Gasteiger partial charge in [0.05, 0.1) is 19.3 Å². The van der Waals surface area contributed by atoms with Gasteiger partial charge in [-0.05, 0) is 42.8 Å². The van der Waals surface area contributed by atoms with Crippen molar-refractivity contribution in [2.45, 2.75) is 25.8 Å². The van der Waals surface area contributed by atoms with E-state index in [-0.39, 0.29) is 12.5 Å². The summed E-state index contributed by atoms with van der Waals surface area (Å²) in [6, 6.07) is 10.2. The number of esters is 1. The van der Waals surface area contributed by atoms with E-state index in [4.69, 9.17) is 4.74 Å². The van der Waals surface area contributed by atoms with Gasteiger partial charge in [0.15, 0.2) is 0 Å². The van der Waals surface area contributed by atoms with Crippen LogP contribution in [0, 0.1) is 0 Å². The molecule has 2 aromatic rings. The Morgan fingerprint density at radius 3 is 2.92 bits per heavy atom. The maximum atomic E-state index is 12.5. The number of carbonyl (C=O) groups is 2. The second-order valence-corrected chi connectivity index (χ2v) is 6.76. The van der Waals surface area contributed by atoms with Crippen LogP contribution in [0.2, 0.25) is 0 Å². The van der Waals surface area contributed by atoms with Crippen LogP contribution in [0.25, 0.3) is 0 Å². The van der Waals surface area contributed by atoms with Gasteiger partial charge >= 0.3 is 5.97 Å². The topological polar surface area (TPSA) is 58.6 Å². The molecule has 24 heavy (non-hydrogen) atoms. The highest BCUT2D eigenvalue weighted by molar-refractivity contribution is 7.12. The zero-order valence-corrected chi connectivity index (χ0v) is 14.6. The molecule has 3 rings (SSSR count). The van der Waals surface area contributed by atoms with Crippen molar-refractivity contribution in [3.8, 4) is 0 Å². The number of para-hydroxylation sites is 1. The molecule has 0 aliphatic carbocycles. The van der Waals surface area contributed by atoms with E-state index < -0.39 is 5.97 Å². The molecule has 1 amide bonds. The zero-order chi connectivity index (χ0) is 17.1. The molecule has 0 saturated carbocycles. The predicted octanol–water partition coefficient (Wildman–Crippen LogP) is 3.31. The molecule has 1 aromatic carbocycles. The minimum absolute atomic E-state index is 0.137. The first-order valence-corrected chi connectivity index (χ1v) is 8.78. The summed E-state index contributed by atoms with van der Waals surface area (Å²) in [4.78, 5) is 26.7. The monoisotopic (exact) mass is 344 g/mol. The van der Waals surface area contributed by atoms with Crippen LogP contribution in [0.3, 0.4) is 0 Å². The number of aryl methyl sites for hydroxylation is 1. The summed E-state index contributed by atoms with van der Waals surface area (Å²) in [5.41, 5.74) is 2.90. The number of nitrogens with one attached hydrogen (secondary N) is 1. The van der Waals surface area contributed by atoms with Gasteiger partial charge in [-0.1, -0.05) is 18.2 Å². The van der Waals surface area contributed by atoms with E-state index >= 15 is 0 Å². The van der Waals surface area contributed by atoms with Gasteiger partial charge < -0.3 is 15.0 Å². The van der Waals surface area contributed by atoms with E-state index in [0.717, 1.165) is 18.5 Å². The number of amides is 1. The summed E-state index contributed by atoms with van der Waals surface area (Å²) in [6.07, 6.45) is 2.06. The van der Waals surface area contributed by atoms with E-state index in [9.17, 15) is 9.59 Å². The van der Waals surface area contributed by atoms with Gasteiger partial charge in [-0.25, -0.2) is 4.79 Å². The van der Waals surface area contributed by atoms with Crippen molar-refractivity contribution in [2.24, 2.45) is 0 Å². The molecule has 6 heteroatoms. The number of anilines is 2. The lowest BCUT2D eigenvalue weighted by Gasteiger charge is -2.36. The number of rotatable bonds is 4. The van der Waals surface area contributed by atoms with Crippen LogP contribution in [0.4, 0.5) is 11.4 Å². The maximum absolute atomic E-state index is 12.5. The Morgan fingerprint density at radius 1 is 1.33 bits per heavy atom. The van der Waals surface area contributed by atoms with Crippen LogP contribution in [0.5, 0.6) is 0 Å². The predicted molar refractivity (Wildman–Crippen MR) is 95.9 cm³/mol. The molecular formula is C18H20N2O3S. The van der Waals surface area contributed by atoms with Crippen molar-refractivity contribution in [3.05, 3.63) is 46.2 Å². The van der Waals surface area contributed by atoms with E-state index in [1.807, 2.05) is 12.1 Å². The summed E-state index contributed by atoms with van der Waals surface area (Å²) in [7, 11) is 1.33. The normalized spacial score (nSPS) is 16.4. The van der Waals surface area contributed by atoms with Crippen LogP contribution in [-0.2, 0) is 16.0 Å². The van der Waals surface area contributed by atoms with Crippen molar-refractivity contribution < 1.29 is 14.3 Å². The number of hydrogen-bond donors (Lipinski definition) is 1. The van der Waals surface area contributed by atoms with Crippen molar-refractivity contribution in [1.82, 2.24) is 0 Å². The lowest BCUT2D eigenvalue weighted by Crippen LogP contribution is -2.42. The third-order valence-corrected chi connectivity index (χ3v) is 5.18. The molecular weight excluding hydrogens is 324 g/mol. The molecule has 0 bridgehead atoms. The fraction of sp³-hybridized carbons (Fsp3) is 0.333. The molecule has 2 heterocycles. The summed E-state index contributed by atoms with van der Waals surface area (Å²) in [5, 5.41) is 4.60. The van der Waals surface area contributed by atoms with E-state index in [1.54, 1.807) is 11.4 Å². The number of fused-ring (bicyclic) bond motifs is 1. The first-order chi connectivity index (χ1) is 11.6. The molecule has 5 nitrogen and oxygen atoms in total. The number of methoxy groups -OCH3 is 1. The van der Waals surface area contributed by atoms with Crippen LogP contribution in [-0.4, -0.2) is 31.6 Å². The molecule has 0 saturated heterocycles. The molecule has 1 aromatic heterocycles. The average molecular weight is 344 g/mol. The Hall–Kier alpha value is -2.34. The van der Waals surface area contributed by atoms with Gasteiger partial charge in [0.25, 0.3) is 0 Å². The van der Waals surface area contributed by atoms with Crippen molar-refractivity contribution in [2.75, 3.05) is 23.9 Å². The highest BCUT2D eigenvalue weighted by atomic mass is 32.1. The molecule has 0 spiro atoms. The fourth-order valence-electron chi connectivity index (χ4n) is 3.00. The largest absolute Gasteiger partial charge is 0.465 e. The minimum atomic E-state index is -0.433. The highest BCUT2D eigenvalue weighted by Crippen LogP contribution is 2.30. The molecule has 1 N–H and O–H groups in total. The molecule has 0 fully saturated rings. The molecule has 1 aliphatic rings. The first-order valence-electron chi connectivity index (χ1n) is 7.90. The van der Waals surface area contributed by atoms with Crippen LogP contribution >= 0.6 is 11.3 Å². The highest BCUT2D eigenvalue weighted by Gasteiger charge is 2.25. The Kier molecular flexibility index (Phi) is 4.85. The number of nitrogens with zero attached hydrogens (tertiary/aromatic N) is 1. The van der Waals surface area contributed by atoms with Crippen LogP contribution in [0.1, 0.15) is 28.6 Å². The molecule has 0 unspecified atom stereocenters. The second-order valence-electron chi connectivity index (χ2n) is 5.85. The molecule has 1 aliphatic heterocycles. The third-order valence-electron chi connectivity index (χ3n) is 4.29. The molecule has 1 atom stereocenters. The lowest BCUT2D eigenvalue weighted by molar-refractivity contribution is -0.115. The maximum Gasteiger partial charge on any atom is 0.350 e. The van der Waals surface area contributed by atoms with Gasteiger partial charge in [0.1, 0.15) is 4.88 Å². The standard InChI is InChI=1S/C18H20N2O3S/c1-12-7-8-13-5-3-4-6-15(13)20(12)11-16(21)19-14-9-10-24-17(14)18(22)23-2/h3-6,9-10,12H,7-8,11H2,1-2H3,(H,19,21)/t12-/m1/s1. The van der Waals surface area contributed by atoms with Crippen LogP contribution < -0.4 is 10.2 Å². The Balaban J connectivity index is 1.74. The van der Waals surface area contributed by atoms with Gasteiger partial charge in [0, 0.05) is 11.7 Å². The summed E-state index contributed by atoms with van der Waals surface area (Å²) < 4.78 is 4.74.